The highest BCUT2D eigenvalue weighted by atomic mass is 16.6. The van der Waals surface area contributed by atoms with Crippen molar-refractivity contribution in [1.29, 1.82) is 0 Å². The lowest BCUT2D eigenvalue weighted by atomic mass is 10.0. The summed E-state index contributed by atoms with van der Waals surface area (Å²) in [5.74, 6) is 0. The van der Waals surface area contributed by atoms with E-state index in [1.54, 1.807) is 12.1 Å². The fourth-order valence-corrected chi connectivity index (χ4v) is 2.54. The van der Waals surface area contributed by atoms with Gasteiger partial charge in [-0.1, -0.05) is 6.92 Å². The highest BCUT2D eigenvalue weighted by Crippen LogP contribution is 2.26. The summed E-state index contributed by atoms with van der Waals surface area (Å²) in [5.41, 5.74) is 1.69. The lowest BCUT2D eigenvalue weighted by Crippen LogP contribution is -2.32. The molecule has 0 saturated carbocycles. The van der Waals surface area contributed by atoms with Crippen LogP contribution < -0.4 is 10.6 Å². The SMILES string of the molecule is CCCNc1cc(NC2CCOC(C)C2)cc([N+](=O)[O-])c1. The maximum absolute atomic E-state index is 11.1. The number of non-ortho nitro benzene ring substituents is 1. The Morgan fingerprint density at radius 2 is 2.14 bits per heavy atom. The van der Waals surface area contributed by atoms with Gasteiger partial charge in [-0.25, -0.2) is 0 Å². The monoisotopic (exact) mass is 293 g/mol. The van der Waals surface area contributed by atoms with Gasteiger partial charge >= 0.3 is 0 Å². The number of ether oxygens (including phenoxy) is 1. The Morgan fingerprint density at radius 3 is 2.81 bits per heavy atom. The summed E-state index contributed by atoms with van der Waals surface area (Å²) in [7, 11) is 0. The van der Waals surface area contributed by atoms with Gasteiger partial charge in [0.05, 0.1) is 11.0 Å². The molecule has 1 aliphatic heterocycles. The van der Waals surface area contributed by atoms with E-state index in [1.165, 1.54) is 0 Å². The molecule has 1 aliphatic rings. The zero-order chi connectivity index (χ0) is 15.2. The molecule has 0 spiro atoms. The number of benzene rings is 1. The molecule has 1 saturated heterocycles. The molecule has 2 unspecified atom stereocenters. The first-order chi connectivity index (χ1) is 10.1. The topological polar surface area (TPSA) is 76.4 Å². The normalized spacial score (nSPS) is 21.8. The number of hydrogen-bond donors (Lipinski definition) is 2. The maximum atomic E-state index is 11.1. The molecule has 116 valence electrons. The molecule has 1 heterocycles. The third kappa shape index (κ3) is 4.60. The van der Waals surface area contributed by atoms with Crippen molar-refractivity contribution < 1.29 is 9.66 Å². The van der Waals surface area contributed by atoms with Gasteiger partial charge in [0.25, 0.3) is 5.69 Å². The Morgan fingerprint density at radius 1 is 1.38 bits per heavy atom. The second-order valence-corrected chi connectivity index (χ2v) is 5.50. The van der Waals surface area contributed by atoms with Crippen molar-refractivity contribution in [3.8, 4) is 0 Å². The Balaban J connectivity index is 2.12. The first kappa shape index (κ1) is 15.6. The maximum Gasteiger partial charge on any atom is 0.273 e. The first-order valence-electron chi connectivity index (χ1n) is 7.50. The number of nitro groups is 1. The molecule has 6 nitrogen and oxygen atoms in total. The zero-order valence-electron chi connectivity index (χ0n) is 12.6. The Labute approximate surface area is 125 Å². The number of nitro benzene ring substituents is 1. The Hall–Kier alpha value is -1.82. The molecule has 0 bridgehead atoms. The summed E-state index contributed by atoms with van der Waals surface area (Å²) in [6, 6.07) is 5.41. The molecule has 2 atom stereocenters. The molecule has 1 aromatic rings. The minimum atomic E-state index is -0.352. The number of nitrogens with one attached hydrogen (secondary N) is 2. The Bertz CT molecular complexity index is 493. The second kappa shape index (κ2) is 7.26. The van der Waals surface area contributed by atoms with Crippen LogP contribution in [0.25, 0.3) is 0 Å². The van der Waals surface area contributed by atoms with Crippen LogP contribution >= 0.6 is 0 Å². The van der Waals surface area contributed by atoms with Crippen molar-refractivity contribution in [3.63, 3.8) is 0 Å². The largest absolute Gasteiger partial charge is 0.385 e. The van der Waals surface area contributed by atoms with Crippen molar-refractivity contribution in [1.82, 2.24) is 0 Å². The summed E-state index contributed by atoms with van der Waals surface area (Å²) < 4.78 is 5.52. The lowest BCUT2D eigenvalue weighted by Gasteiger charge is -2.28. The average molecular weight is 293 g/mol. The number of hydrogen-bond acceptors (Lipinski definition) is 5. The first-order valence-corrected chi connectivity index (χ1v) is 7.50. The molecular weight excluding hydrogens is 270 g/mol. The van der Waals surface area contributed by atoms with E-state index in [-0.39, 0.29) is 16.7 Å². The minimum Gasteiger partial charge on any atom is -0.385 e. The van der Waals surface area contributed by atoms with E-state index in [2.05, 4.69) is 24.5 Å². The van der Waals surface area contributed by atoms with Crippen LogP contribution in [0, 0.1) is 10.1 Å². The average Bonchev–Trinajstić information content (AvgIpc) is 2.45. The van der Waals surface area contributed by atoms with Gasteiger partial charge in [-0.3, -0.25) is 10.1 Å². The third-order valence-corrected chi connectivity index (χ3v) is 3.56. The summed E-state index contributed by atoms with van der Waals surface area (Å²) >= 11 is 0. The molecule has 0 aliphatic carbocycles. The van der Waals surface area contributed by atoms with Crippen molar-refractivity contribution in [3.05, 3.63) is 28.3 Å². The smallest absolute Gasteiger partial charge is 0.273 e. The van der Waals surface area contributed by atoms with Crippen LogP contribution in [0.15, 0.2) is 18.2 Å². The van der Waals surface area contributed by atoms with E-state index >= 15 is 0 Å². The van der Waals surface area contributed by atoms with E-state index in [9.17, 15) is 10.1 Å². The van der Waals surface area contributed by atoms with Gasteiger partial charge in [-0.2, -0.15) is 0 Å². The van der Waals surface area contributed by atoms with Gasteiger partial charge in [-0.05, 0) is 32.3 Å². The molecule has 1 aromatic carbocycles. The summed E-state index contributed by atoms with van der Waals surface area (Å²) in [6.45, 7) is 5.64. The summed E-state index contributed by atoms with van der Waals surface area (Å²) in [5, 5.41) is 17.7. The molecular formula is C15H23N3O3. The number of rotatable bonds is 6. The van der Waals surface area contributed by atoms with E-state index in [0.717, 1.165) is 43.8 Å². The predicted molar refractivity (Wildman–Crippen MR) is 83.9 cm³/mol. The Kier molecular flexibility index (Phi) is 5.38. The molecule has 2 N–H and O–H groups in total. The van der Waals surface area contributed by atoms with Crippen LogP contribution in [0.2, 0.25) is 0 Å². The minimum absolute atomic E-state index is 0.110. The van der Waals surface area contributed by atoms with Crippen molar-refractivity contribution in [2.75, 3.05) is 23.8 Å². The van der Waals surface area contributed by atoms with Gasteiger partial charge in [0, 0.05) is 42.7 Å². The van der Waals surface area contributed by atoms with Gasteiger partial charge in [0.2, 0.25) is 0 Å². The van der Waals surface area contributed by atoms with E-state index in [0.29, 0.717) is 6.04 Å². The second-order valence-electron chi connectivity index (χ2n) is 5.50. The van der Waals surface area contributed by atoms with Crippen LogP contribution in [0.5, 0.6) is 0 Å². The molecule has 21 heavy (non-hydrogen) atoms. The molecule has 0 amide bonds. The van der Waals surface area contributed by atoms with Crippen LogP contribution in [0.3, 0.4) is 0 Å². The van der Waals surface area contributed by atoms with Gasteiger partial charge in [-0.15, -0.1) is 0 Å². The van der Waals surface area contributed by atoms with Gasteiger partial charge < -0.3 is 15.4 Å². The quantitative estimate of drug-likeness (QED) is 0.621. The standard InChI is InChI=1S/C15H23N3O3/c1-3-5-16-13-8-14(10-15(9-13)18(19)20)17-12-4-6-21-11(2)7-12/h8-12,16-17H,3-7H2,1-2H3. The lowest BCUT2D eigenvalue weighted by molar-refractivity contribution is -0.384. The van der Waals surface area contributed by atoms with Crippen LogP contribution in [-0.4, -0.2) is 30.2 Å². The van der Waals surface area contributed by atoms with Crippen molar-refractivity contribution in [2.45, 2.75) is 45.3 Å². The van der Waals surface area contributed by atoms with Crippen molar-refractivity contribution >= 4 is 17.1 Å². The van der Waals surface area contributed by atoms with E-state index in [1.807, 2.05) is 6.07 Å². The third-order valence-electron chi connectivity index (χ3n) is 3.56. The predicted octanol–water partition coefficient (Wildman–Crippen LogP) is 3.40. The summed E-state index contributed by atoms with van der Waals surface area (Å²) in [6.07, 6.45) is 3.04. The molecule has 0 aromatic heterocycles. The fourth-order valence-electron chi connectivity index (χ4n) is 2.54. The van der Waals surface area contributed by atoms with Crippen molar-refractivity contribution in [2.24, 2.45) is 0 Å². The molecule has 6 heteroatoms. The highest BCUT2D eigenvalue weighted by Gasteiger charge is 2.20. The van der Waals surface area contributed by atoms with Crippen LogP contribution in [0.1, 0.15) is 33.1 Å². The number of nitrogens with zero attached hydrogens (tertiary/aromatic N) is 1. The van der Waals surface area contributed by atoms with Crippen LogP contribution in [0.4, 0.5) is 17.1 Å². The highest BCUT2D eigenvalue weighted by molar-refractivity contribution is 5.63. The van der Waals surface area contributed by atoms with E-state index in [4.69, 9.17) is 4.74 Å². The van der Waals surface area contributed by atoms with Gasteiger partial charge in [0.1, 0.15) is 0 Å². The number of anilines is 2. The molecule has 1 fully saturated rings. The summed E-state index contributed by atoms with van der Waals surface area (Å²) in [4.78, 5) is 10.7. The van der Waals surface area contributed by atoms with Crippen LogP contribution in [-0.2, 0) is 4.74 Å². The zero-order valence-corrected chi connectivity index (χ0v) is 12.6. The van der Waals surface area contributed by atoms with Gasteiger partial charge in [0.15, 0.2) is 0 Å². The fraction of sp³-hybridized carbons (Fsp3) is 0.600. The molecule has 0 radical (unpaired) electrons. The van der Waals surface area contributed by atoms with E-state index < -0.39 is 0 Å². The molecule has 2 rings (SSSR count).